The van der Waals surface area contributed by atoms with E-state index in [9.17, 15) is 0 Å². The lowest BCUT2D eigenvalue weighted by Gasteiger charge is -2.27. The molecule has 0 spiro atoms. The van der Waals surface area contributed by atoms with Gasteiger partial charge in [0.05, 0.1) is 6.04 Å². The summed E-state index contributed by atoms with van der Waals surface area (Å²) in [5.41, 5.74) is 6.24. The van der Waals surface area contributed by atoms with Crippen molar-refractivity contribution in [1.82, 2.24) is 15.0 Å². The van der Waals surface area contributed by atoms with Crippen molar-refractivity contribution in [2.75, 3.05) is 31.1 Å². The van der Waals surface area contributed by atoms with E-state index in [1.165, 1.54) is 43.6 Å². The highest BCUT2D eigenvalue weighted by atomic mass is 32.2. The van der Waals surface area contributed by atoms with Crippen molar-refractivity contribution in [2.24, 2.45) is 11.7 Å². The molecule has 118 valence electrons. The zero-order chi connectivity index (χ0) is 14.5. The van der Waals surface area contributed by atoms with E-state index >= 15 is 0 Å². The predicted molar refractivity (Wildman–Crippen MR) is 85.3 cm³/mol. The summed E-state index contributed by atoms with van der Waals surface area (Å²) in [4.78, 5) is 6.95. The minimum atomic E-state index is -0.123. The third-order valence-electron chi connectivity index (χ3n) is 4.52. The van der Waals surface area contributed by atoms with Gasteiger partial charge in [0.25, 0.3) is 0 Å². The molecular weight excluding hydrogens is 284 g/mol. The van der Waals surface area contributed by atoms with Crippen molar-refractivity contribution < 1.29 is 4.52 Å². The van der Waals surface area contributed by atoms with Crippen LogP contribution in [0.4, 0.5) is 0 Å². The number of hydrogen-bond acceptors (Lipinski definition) is 6. The molecule has 1 atom stereocenters. The normalized spacial score (nSPS) is 23.3. The summed E-state index contributed by atoms with van der Waals surface area (Å²) in [5, 5.41) is 4.10. The topological polar surface area (TPSA) is 68.2 Å². The molecule has 6 heteroatoms. The van der Waals surface area contributed by atoms with Gasteiger partial charge in [0.1, 0.15) is 0 Å². The molecule has 0 radical (unpaired) electrons. The van der Waals surface area contributed by atoms with Crippen molar-refractivity contribution in [3.8, 4) is 0 Å². The third-order valence-corrected chi connectivity index (χ3v) is 5.57. The molecule has 1 unspecified atom stereocenters. The summed E-state index contributed by atoms with van der Waals surface area (Å²) in [6.45, 7) is 3.15. The molecule has 0 amide bonds. The molecule has 1 aromatic heterocycles. The molecule has 2 aliphatic rings. The summed E-state index contributed by atoms with van der Waals surface area (Å²) >= 11 is 2.05. The summed E-state index contributed by atoms with van der Waals surface area (Å²) in [5.74, 6) is 4.69. The number of rotatable bonds is 5. The van der Waals surface area contributed by atoms with Gasteiger partial charge in [0.2, 0.25) is 5.89 Å². The fourth-order valence-corrected chi connectivity index (χ4v) is 4.40. The average molecular weight is 310 g/mol. The molecule has 3 heterocycles. The van der Waals surface area contributed by atoms with Gasteiger partial charge in [-0.25, -0.2) is 0 Å². The van der Waals surface area contributed by atoms with Gasteiger partial charge in [-0.3, -0.25) is 0 Å². The molecule has 1 aromatic rings. The molecule has 2 N–H and O–H groups in total. The summed E-state index contributed by atoms with van der Waals surface area (Å²) in [6.07, 6.45) is 7.36. The predicted octanol–water partition coefficient (Wildman–Crippen LogP) is 2.24. The van der Waals surface area contributed by atoms with Gasteiger partial charge >= 0.3 is 0 Å². The average Bonchev–Trinajstić information content (AvgIpc) is 2.98. The number of nitrogens with two attached hydrogens (primary N) is 1. The fourth-order valence-electron chi connectivity index (χ4n) is 3.20. The molecule has 2 saturated heterocycles. The van der Waals surface area contributed by atoms with E-state index in [0.717, 1.165) is 31.9 Å². The van der Waals surface area contributed by atoms with Crippen LogP contribution in [0.3, 0.4) is 0 Å². The van der Waals surface area contributed by atoms with Crippen LogP contribution in [0.5, 0.6) is 0 Å². The number of piperidine rings is 1. The van der Waals surface area contributed by atoms with Crippen molar-refractivity contribution in [3.05, 3.63) is 11.7 Å². The standard InChI is InChI=1S/C15H26N4OS/c16-13(11-19-6-2-1-3-7-19)15-17-14(20-18-15)10-12-4-8-21-9-5-12/h12-13H,1-11,16H2. The van der Waals surface area contributed by atoms with E-state index in [1.807, 2.05) is 11.8 Å². The van der Waals surface area contributed by atoms with Crippen LogP contribution in [0.2, 0.25) is 0 Å². The van der Waals surface area contributed by atoms with E-state index in [4.69, 9.17) is 10.3 Å². The molecule has 0 aromatic carbocycles. The van der Waals surface area contributed by atoms with Crippen LogP contribution in [0.1, 0.15) is 49.9 Å². The zero-order valence-electron chi connectivity index (χ0n) is 12.7. The maximum Gasteiger partial charge on any atom is 0.226 e. The molecule has 0 aliphatic carbocycles. The number of thioether (sulfide) groups is 1. The highest BCUT2D eigenvalue weighted by Gasteiger charge is 2.21. The largest absolute Gasteiger partial charge is 0.339 e. The first kappa shape index (κ1) is 15.3. The van der Waals surface area contributed by atoms with Gasteiger partial charge in [-0.05, 0) is 56.2 Å². The van der Waals surface area contributed by atoms with Crippen LogP contribution < -0.4 is 5.73 Å². The Morgan fingerprint density at radius 2 is 2.00 bits per heavy atom. The van der Waals surface area contributed by atoms with Gasteiger partial charge in [-0.15, -0.1) is 0 Å². The van der Waals surface area contributed by atoms with E-state index in [1.54, 1.807) is 0 Å². The Kier molecular flexibility index (Phi) is 5.55. The van der Waals surface area contributed by atoms with Gasteiger partial charge in [0.15, 0.2) is 5.82 Å². The lowest BCUT2D eigenvalue weighted by Crippen LogP contribution is -2.36. The zero-order valence-corrected chi connectivity index (χ0v) is 13.5. The molecule has 3 rings (SSSR count). The highest BCUT2D eigenvalue weighted by molar-refractivity contribution is 7.99. The van der Waals surface area contributed by atoms with Gasteiger partial charge in [-0.2, -0.15) is 16.7 Å². The molecule has 0 saturated carbocycles. The maximum absolute atomic E-state index is 6.24. The number of likely N-dealkylation sites (tertiary alicyclic amines) is 1. The van der Waals surface area contributed by atoms with Crippen LogP contribution in [-0.2, 0) is 6.42 Å². The second-order valence-corrected chi connectivity index (χ2v) is 7.50. The molecule has 2 fully saturated rings. The van der Waals surface area contributed by atoms with E-state index in [2.05, 4.69) is 15.0 Å². The lowest BCUT2D eigenvalue weighted by atomic mass is 9.99. The Bertz CT molecular complexity index is 427. The van der Waals surface area contributed by atoms with Crippen LogP contribution in [0.25, 0.3) is 0 Å². The Labute approximate surface area is 131 Å². The van der Waals surface area contributed by atoms with Crippen molar-refractivity contribution in [1.29, 1.82) is 0 Å². The molecule has 0 bridgehead atoms. The minimum Gasteiger partial charge on any atom is -0.339 e. The maximum atomic E-state index is 6.24. The second-order valence-electron chi connectivity index (χ2n) is 6.27. The minimum absolute atomic E-state index is 0.123. The smallest absolute Gasteiger partial charge is 0.226 e. The third kappa shape index (κ3) is 4.44. The van der Waals surface area contributed by atoms with E-state index in [-0.39, 0.29) is 6.04 Å². The number of aromatic nitrogens is 2. The first-order valence-electron chi connectivity index (χ1n) is 8.19. The summed E-state index contributed by atoms with van der Waals surface area (Å²) in [7, 11) is 0. The Morgan fingerprint density at radius 1 is 1.24 bits per heavy atom. The molecule has 21 heavy (non-hydrogen) atoms. The van der Waals surface area contributed by atoms with E-state index in [0.29, 0.717) is 11.7 Å². The summed E-state index contributed by atoms with van der Waals surface area (Å²) < 4.78 is 5.41. The molecule has 5 nitrogen and oxygen atoms in total. The number of nitrogens with zero attached hydrogens (tertiary/aromatic N) is 3. The SMILES string of the molecule is NC(CN1CCCCC1)c1noc(CC2CCSCC2)n1. The van der Waals surface area contributed by atoms with Crippen LogP contribution in [-0.4, -0.2) is 46.2 Å². The van der Waals surface area contributed by atoms with Crippen LogP contribution >= 0.6 is 11.8 Å². The fraction of sp³-hybridized carbons (Fsp3) is 0.867. The first-order chi connectivity index (χ1) is 10.3. The number of hydrogen-bond donors (Lipinski definition) is 1. The van der Waals surface area contributed by atoms with Crippen LogP contribution in [0.15, 0.2) is 4.52 Å². The second kappa shape index (κ2) is 7.61. The molecular formula is C15H26N4OS. The highest BCUT2D eigenvalue weighted by Crippen LogP contribution is 2.25. The monoisotopic (exact) mass is 310 g/mol. The summed E-state index contributed by atoms with van der Waals surface area (Å²) in [6, 6.07) is -0.123. The Morgan fingerprint density at radius 3 is 2.76 bits per heavy atom. The van der Waals surface area contributed by atoms with Crippen LogP contribution in [0, 0.1) is 5.92 Å². The first-order valence-corrected chi connectivity index (χ1v) is 9.35. The van der Waals surface area contributed by atoms with Gasteiger partial charge in [0, 0.05) is 13.0 Å². The quantitative estimate of drug-likeness (QED) is 0.899. The lowest BCUT2D eigenvalue weighted by molar-refractivity contribution is 0.213. The Hall–Kier alpha value is -0.590. The van der Waals surface area contributed by atoms with Gasteiger partial charge < -0.3 is 15.2 Å². The Balaban J connectivity index is 1.50. The molecule has 2 aliphatic heterocycles. The van der Waals surface area contributed by atoms with Crippen molar-refractivity contribution >= 4 is 11.8 Å². The van der Waals surface area contributed by atoms with Gasteiger partial charge in [-0.1, -0.05) is 11.6 Å². The van der Waals surface area contributed by atoms with E-state index < -0.39 is 0 Å². The van der Waals surface area contributed by atoms with Crippen molar-refractivity contribution in [3.63, 3.8) is 0 Å². The van der Waals surface area contributed by atoms with Crippen molar-refractivity contribution in [2.45, 2.75) is 44.6 Å².